The van der Waals surface area contributed by atoms with E-state index in [1.165, 1.54) is 37.4 Å². The zero-order chi connectivity index (χ0) is 20.1. The third-order valence-electron chi connectivity index (χ3n) is 5.30. The van der Waals surface area contributed by atoms with Crippen LogP contribution < -0.4 is 5.32 Å². The van der Waals surface area contributed by atoms with Crippen LogP contribution in [0, 0.1) is 6.92 Å². The van der Waals surface area contributed by atoms with Crippen LogP contribution in [0.4, 0.5) is 0 Å². The Bertz CT molecular complexity index is 943. The number of nitrogens with one attached hydrogen (secondary N) is 1. The Labute approximate surface area is 175 Å². The van der Waals surface area contributed by atoms with Crippen molar-refractivity contribution in [1.82, 2.24) is 20.1 Å². The van der Waals surface area contributed by atoms with Crippen LogP contribution in [0.1, 0.15) is 44.3 Å². The van der Waals surface area contributed by atoms with Crippen LogP contribution in [0.15, 0.2) is 52.2 Å². The van der Waals surface area contributed by atoms with E-state index >= 15 is 0 Å². The molecule has 0 saturated heterocycles. The lowest BCUT2D eigenvalue weighted by atomic mass is 10.1. The summed E-state index contributed by atoms with van der Waals surface area (Å²) >= 11 is 1.41. The van der Waals surface area contributed by atoms with Crippen LogP contribution in [0.25, 0.3) is 17.1 Å². The minimum atomic E-state index is 0.0607. The normalized spacial score (nSPS) is 15.2. The van der Waals surface area contributed by atoms with Gasteiger partial charge in [-0.3, -0.25) is 9.36 Å². The van der Waals surface area contributed by atoms with E-state index in [9.17, 15) is 4.79 Å². The van der Waals surface area contributed by atoms with Crippen molar-refractivity contribution >= 4 is 17.7 Å². The maximum atomic E-state index is 12.5. The highest BCUT2D eigenvalue weighted by Gasteiger charge is 2.20. The number of furan rings is 1. The predicted molar refractivity (Wildman–Crippen MR) is 114 cm³/mol. The van der Waals surface area contributed by atoms with E-state index in [0.29, 0.717) is 22.8 Å². The summed E-state index contributed by atoms with van der Waals surface area (Å²) in [5.41, 5.74) is 1.86. The number of aryl methyl sites for hydroxylation is 1. The van der Waals surface area contributed by atoms with Gasteiger partial charge in [0.25, 0.3) is 0 Å². The second-order valence-corrected chi connectivity index (χ2v) is 8.35. The van der Waals surface area contributed by atoms with Crippen LogP contribution in [-0.4, -0.2) is 32.5 Å². The Morgan fingerprint density at radius 1 is 1.14 bits per heavy atom. The number of benzene rings is 1. The minimum absolute atomic E-state index is 0.0607. The minimum Gasteiger partial charge on any atom is -0.469 e. The zero-order valence-electron chi connectivity index (χ0n) is 16.6. The number of carbonyl (C=O) groups excluding carboxylic acids is 1. The summed E-state index contributed by atoms with van der Waals surface area (Å²) in [6.45, 7) is 1.91. The third kappa shape index (κ3) is 4.72. The molecule has 0 spiro atoms. The van der Waals surface area contributed by atoms with Crippen molar-refractivity contribution in [1.29, 1.82) is 0 Å². The Balaban J connectivity index is 1.52. The van der Waals surface area contributed by atoms with E-state index in [-0.39, 0.29) is 5.91 Å². The van der Waals surface area contributed by atoms with E-state index in [4.69, 9.17) is 4.42 Å². The molecule has 6 nitrogen and oxygen atoms in total. The van der Waals surface area contributed by atoms with Crippen molar-refractivity contribution in [2.45, 2.75) is 56.6 Å². The number of aromatic nitrogens is 3. The number of thioether (sulfide) groups is 1. The van der Waals surface area contributed by atoms with Crippen LogP contribution in [0.2, 0.25) is 0 Å². The van der Waals surface area contributed by atoms with E-state index < -0.39 is 0 Å². The van der Waals surface area contributed by atoms with Gasteiger partial charge in [-0.1, -0.05) is 55.6 Å². The first-order valence-corrected chi connectivity index (χ1v) is 11.2. The topological polar surface area (TPSA) is 72.9 Å². The molecule has 0 radical (unpaired) electrons. The Kier molecular flexibility index (Phi) is 6.34. The number of amides is 1. The number of hydrogen-bond acceptors (Lipinski definition) is 5. The first-order chi connectivity index (χ1) is 14.2. The van der Waals surface area contributed by atoms with Gasteiger partial charge in [0, 0.05) is 11.7 Å². The Hall–Kier alpha value is -2.54. The van der Waals surface area contributed by atoms with Crippen molar-refractivity contribution in [3.63, 3.8) is 0 Å². The highest BCUT2D eigenvalue weighted by atomic mass is 32.2. The van der Waals surface area contributed by atoms with E-state index in [1.54, 1.807) is 6.26 Å². The van der Waals surface area contributed by atoms with Gasteiger partial charge in [-0.25, -0.2) is 0 Å². The molecule has 1 amide bonds. The SMILES string of the molecule is Cc1occc1-c1nnc(SCC(=O)NC2CCCCCC2)n1-c1ccccc1. The molecule has 1 saturated carbocycles. The first-order valence-electron chi connectivity index (χ1n) is 10.2. The quantitative estimate of drug-likeness (QED) is 0.468. The fourth-order valence-corrected chi connectivity index (χ4v) is 4.55. The molecule has 7 heteroatoms. The number of para-hydroxylation sites is 1. The van der Waals surface area contributed by atoms with E-state index in [2.05, 4.69) is 15.5 Å². The van der Waals surface area contributed by atoms with Gasteiger partial charge < -0.3 is 9.73 Å². The lowest BCUT2D eigenvalue weighted by Crippen LogP contribution is -2.35. The van der Waals surface area contributed by atoms with Gasteiger partial charge in [0.15, 0.2) is 11.0 Å². The molecule has 4 rings (SSSR count). The third-order valence-corrected chi connectivity index (χ3v) is 6.23. The van der Waals surface area contributed by atoms with Crippen LogP contribution >= 0.6 is 11.8 Å². The zero-order valence-corrected chi connectivity index (χ0v) is 17.5. The molecule has 0 atom stereocenters. The molecular weight excluding hydrogens is 384 g/mol. The van der Waals surface area contributed by atoms with Gasteiger partial charge in [-0.2, -0.15) is 0 Å². The average molecular weight is 411 g/mol. The van der Waals surface area contributed by atoms with Gasteiger partial charge >= 0.3 is 0 Å². The van der Waals surface area contributed by atoms with Gasteiger partial charge in [-0.15, -0.1) is 10.2 Å². The second-order valence-electron chi connectivity index (χ2n) is 7.41. The van der Waals surface area contributed by atoms with Crippen LogP contribution in [0.5, 0.6) is 0 Å². The molecule has 1 aromatic carbocycles. The molecule has 29 heavy (non-hydrogen) atoms. The number of nitrogens with zero attached hydrogens (tertiary/aromatic N) is 3. The number of carbonyl (C=O) groups is 1. The molecule has 2 aromatic heterocycles. The molecule has 0 bridgehead atoms. The number of rotatable bonds is 6. The monoisotopic (exact) mass is 410 g/mol. The van der Waals surface area contributed by atoms with Crippen molar-refractivity contribution in [3.05, 3.63) is 48.4 Å². The molecule has 0 aliphatic heterocycles. The molecule has 3 aromatic rings. The van der Waals surface area contributed by atoms with Crippen molar-refractivity contribution in [3.8, 4) is 17.1 Å². The fourth-order valence-electron chi connectivity index (χ4n) is 3.79. The second kappa shape index (κ2) is 9.31. The largest absolute Gasteiger partial charge is 0.469 e. The van der Waals surface area contributed by atoms with Crippen LogP contribution in [-0.2, 0) is 4.79 Å². The Morgan fingerprint density at radius 3 is 2.59 bits per heavy atom. The summed E-state index contributed by atoms with van der Waals surface area (Å²) in [6.07, 6.45) is 8.78. The van der Waals surface area contributed by atoms with Crippen molar-refractivity contribution in [2.24, 2.45) is 0 Å². The van der Waals surface area contributed by atoms with Gasteiger partial charge in [0.05, 0.1) is 17.6 Å². The molecule has 1 fully saturated rings. The molecule has 152 valence electrons. The molecule has 0 unspecified atom stereocenters. The summed E-state index contributed by atoms with van der Waals surface area (Å²) in [7, 11) is 0. The van der Waals surface area contributed by atoms with E-state index in [1.807, 2.05) is 47.9 Å². The van der Waals surface area contributed by atoms with Gasteiger partial charge in [-0.05, 0) is 38.0 Å². The smallest absolute Gasteiger partial charge is 0.230 e. The average Bonchev–Trinajstić information content (AvgIpc) is 3.26. The van der Waals surface area contributed by atoms with Crippen molar-refractivity contribution in [2.75, 3.05) is 5.75 Å². The summed E-state index contributed by atoms with van der Waals surface area (Å²) in [5.74, 6) is 1.89. The lowest BCUT2D eigenvalue weighted by Gasteiger charge is -2.16. The van der Waals surface area contributed by atoms with Gasteiger partial charge in [0.2, 0.25) is 5.91 Å². The highest BCUT2D eigenvalue weighted by molar-refractivity contribution is 7.99. The van der Waals surface area contributed by atoms with Crippen molar-refractivity contribution < 1.29 is 9.21 Å². The maximum absolute atomic E-state index is 12.5. The first kappa shape index (κ1) is 19.8. The standard InChI is InChI=1S/C22H26N4O2S/c1-16-19(13-14-28-16)21-24-25-22(26(21)18-11-7-4-8-12-18)29-15-20(27)23-17-9-5-2-3-6-10-17/h4,7-8,11-14,17H,2-3,5-6,9-10,15H2,1H3,(H,23,27). The molecule has 1 N–H and O–H groups in total. The highest BCUT2D eigenvalue weighted by Crippen LogP contribution is 2.30. The summed E-state index contributed by atoms with van der Waals surface area (Å²) < 4.78 is 7.45. The molecule has 2 heterocycles. The van der Waals surface area contributed by atoms with Gasteiger partial charge in [0.1, 0.15) is 5.76 Å². The lowest BCUT2D eigenvalue weighted by molar-refractivity contribution is -0.119. The Morgan fingerprint density at radius 2 is 1.90 bits per heavy atom. The molecular formula is C22H26N4O2S. The summed E-state index contributed by atoms with van der Waals surface area (Å²) in [4.78, 5) is 12.5. The summed E-state index contributed by atoms with van der Waals surface area (Å²) in [6, 6.07) is 12.2. The maximum Gasteiger partial charge on any atom is 0.230 e. The van der Waals surface area contributed by atoms with Crippen LogP contribution in [0.3, 0.4) is 0 Å². The molecule has 1 aliphatic rings. The van der Waals surface area contributed by atoms with E-state index in [0.717, 1.165) is 29.9 Å². The number of hydrogen-bond donors (Lipinski definition) is 1. The fraction of sp³-hybridized carbons (Fsp3) is 0.409. The summed E-state index contributed by atoms with van der Waals surface area (Å²) in [5, 5.41) is 12.7. The molecule has 1 aliphatic carbocycles. The predicted octanol–water partition coefficient (Wildman–Crippen LogP) is 4.77.